The average molecular weight is 419 g/mol. The van der Waals surface area contributed by atoms with Crippen LogP contribution in [0.5, 0.6) is 0 Å². The van der Waals surface area contributed by atoms with Crippen LogP contribution < -0.4 is 10.6 Å². The van der Waals surface area contributed by atoms with Crippen LogP contribution in [0.25, 0.3) is 0 Å². The Morgan fingerprint density at radius 3 is 2.81 bits per heavy atom. The predicted octanol–water partition coefficient (Wildman–Crippen LogP) is 3.30. The molecule has 0 saturated heterocycles. The summed E-state index contributed by atoms with van der Waals surface area (Å²) in [6.07, 6.45) is 3.56. The first kappa shape index (κ1) is 18.0. The van der Waals surface area contributed by atoms with E-state index in [1.807, 2.05) is 12.1 Å². The number of furan rings is 1. The van der Waals surface area contributed by atoms with Gasteiger partial charge in [-0.3, -0.25) is 4.99 Å². The highest BCUT2D eigenvalue weighted by atomic mass is 127. The van der Waals surface area contributed by atoms with Gasteiger partial charge in [-0.15, -0.1) is 35.3 Å². The van der Waals surface area contributed by atoms with E-state index in [0.717, 1.165) is 44.2 Å². The maximum absolute atomic E-state index is 5.31. The molecule has 0 aliphatic rings. The number of aliphatic imine (C=N–C) groups is 1. The first-order valence-electron chi connectivity index (χ1n) is 6.95. The quantitative estimate of drug-likeness (QED) is 0.412. The van der Waals surface area contributed by atoms with Crippen LogP contribution in [0.1, 0.15) is 17.6 Å². The smallest absolute Gasteiger partial charge is 0.191 e. The summed E-state index contributed by atoms with van der Waals surface area (Å²) >= 11 is 1.78. The molecule has 2 aromatic rings. The van der Waals surface area contributed by atoms with Crippen molar-refractivity contribution in [2.45, 2.75) is 19.8 Å². The highest BCUT2D eigenvalue weighted by Gasteiger charge is 1.99. The summed E-state index contributed by atoms with van der Waals surface area (Å²) < 4.78 is 5.31. The molecular formula is C15H22IN3OS. The van der Waals surface area contributed by atoms with Crippen LogP contribution in [-0.2, 0) is 12.8 Å². The number of nitrogens with zero attached hydrogens (tertiary/aromatic N) is 1. The molecule has 0 amide bonds. The van der Waals surface area contributed by atoms with Gasteiger partial charge in [0.15, 0.2) is 5.96 Å². The van der Waals surface area contributed by atoms with Crippen LogP contribution in [0, 0.1) is 0 Å². The van der Waals surface area contributed by atoms with Gasteiger partial charge >= 0.3 is 0 Å². The van der Waals surface area contributed by atoms with Crippen molar-refractivity contribution >= 4 is 41.3 Å². The van der Waals surface area contributed by atoms with Crippen molar-refractivity contribution in [1.29, 1.82) is 0 Å². The van der Waals surface area contributed by atoms with E-state index in [1.165, 1.54) is 4.88 Å². The first-order chi connectivity index (χ1) is 9.88. The number of rotatable bonds is 7. The van der Waals surface area contributed by atoms with Crippen molar-refractivity contribution in [2.75, 3.05) is 19.6 Å². The molecule has 0 spiro atoms. The van der Waals surface area contributed by atoms with Gasteiger partial charge in [0.25, 0.3) is 0 Å². The Morgan fingerprint density at radius 2 is 2.14 bits per heavy atom. The molecule has 2 rings (SSSR count). The van der Waals surface area contributed by atoms with Gasteiger partial charge in [0.05, 0.1) is 6.26 Å². The average Bonchev–Trinajstić information content (AvgIpc) is 3.11. The molecule has 21 heavy (non-hydrogen) atoms. The molecule has 2 aromatic heterocycles. The number of guanidine groups is 1. The maximum atomic E-state index is 5.31. The second kappa shape index (κ2) is 10.7. The predicted molar refractivity (Wildman–Crippen MR) is 99.8 cm³/mol. The lowest BCUT2D eigenvalue weighted by Crippen LogP contribution is -2.38. The van der Waals surface area contributed by atoms with Crippen molar-refractivity contribution in [3.8, 4) is 0 Å². The van der Waals surface area contributed by atoms with Crippen molar-refractivity contribution in [2.24, 2.45) is 4.99 Å². The van der Waals surface area contributed by atoms with Crippen molar-refractivity contribution < 1.29 is 4.42 Å². The molecule has 0 bridgehead atoms. The van der Waals surface area contributed by atoms with Crippen LogP contribution in [0.2, 0.25) is 0 Å². The molecule has 0 aliphatic heterocycles. The summed E-state index contributed by atoms with van der Waals surface area (Å²) in [7, 11) is 0. The van der Waals surface area contributed by atoms with Gasteiger partial charge < -0.3 is 15.1 Å². The Hall–Kier alpha value is -1.02. The van der Waals surface area contributed by atoms with Gasteiger partial charge in [0, 0.05) is 37.4 Å². The van der Waals surface area contributed by atoms with Gasteiger partial charge in [0.1, 0.15) is 5.76 Å². The van der Waals surface area contributed by atoms with E-state index in [9.17, 15) is 0 Å². The maximum Gasteiger partial charge on any atom is 0.191 e. The zero-order valence-electron chi connectivity index (χ0n) is 12.2. The minimum absolute atomic E-state index is 0. The molecule has 2 heterocycles. The van der Waals surface area contributed by atoms with Gasteiger partial charge in [-0.05, 0) is 30.5 Å². The van der Waals surface area contributed by atoms with Gasteiger partial charge in [-0.2, -0.15) is 0 Å². The fourth-order valence-corrected chi connectivity index (χ4v) is 2.53. The highest BCUT2D eigenvalue weighted by molar-refractivity contribution is 14.0. The SMILES string of the molecule is CCNC(=NCCc1cccs1)NCCc1ccco1.I. The molecule has 6 heteroatoms. The molecule has 0 radical (unpaired) electrons. The number of halogens is 1. The largest absolute Gasteiger partial charge is 0.469 e. The lowest BCUT2D eigenvalue weighted by Gasteiger charge is -2.10. The fraction of sp³-hybridized carbons (Fsp3) is 0.400. The van der Waals surface area contributed by atoms with Crippen molar-refractivity contribution in [1.82, 2.24) is 10.6 Å². The molecule has 0 atom stereocenters. The van der Waals surface area contributed by atoms with Gasteiger partial charge in [-0.25, -0.2) is 0 Å². The summed E-state index contributed by atoms with van der Waals surface area (Å²) in [6, 6.07) is 8.13. The minimum Gasteiger partial charge on any atom is -0.469 e. The van der Waals surface area contributed by atoms with E-state index >= 15 is 0 Å². The Bertz CT molecular complexity index is 497. The normalized spacial score (nSPS) is 11.0. The monoisotopic (exact) mass is 419 g/mol. The van der Waals surface area contributed by atoms with E-state index in [4.69, 9.17) is 4.42 Å². The van der Waals surface area contributed by atoms with Gasteiger partial charge in [-0.1, -0.05) is 6.07 Å². The van der Waals surface area contributed by atoms with E-state index < -0.39 is 0 Å². The summed E-state index contributed by atoms with van der Waals surface area (Å²) in [5.74, 6) is 1.86. The Labute approximate surface area is 147 Å². The molecule has 0 aliphatic carbocycles. The van der Waals surface area contributed by atoms with Crippen LogP contribution in [0.15, 0.2) is 45.3 Å². The summed E-state index contributed by atoms with van der Waals surface area (Å²) in [4.78, 5) is 5.95. The second-order valence-electron chi connectivity index (χ2n) is 4.35. The van der Waals surface area contributed by atoms with E-state index in [1.54, 1.807) is 17.6 Å². The molecule has 0 unspecified atom stereocenters. The molecule has 0 aromatic carbocycles. The molecule has 0 fully saturated rings. The number of hydrogen-bond acceptors (Lipinski definition) is 3. The molecule has 4 nitrogen and oxygen atoms in total. The number of nitrogens with one attached hydrogen (secondary N) is 2. The van der Waals surface area contributed by atoms with Crippen LogP contribution in [0.4, 0.5) is 0 Å². The molecule has 2 N–H and O–H groups in total. The Balaban J connectivity index is 0.00000220. The highest BCUT2D eigenvalue weighted by Crippen LogP contribution is 2.08. The Morgan fingerprint density at radius 1 is 1.24 bits per heavy atom. The van der Waals surface area contributed by atoms with Crippen LogP contribution >= 0.6 is 35.3 Å². The number of thiophene rings is 1. The lowest BCUT2D eigenvalue weighted by atomic mass is 10.3. The van der Waals surface area contributed by atoms with E-state index in [2.05, 4.69) is 40.1 Å². The number of hydrogen-bond donors (Lipinski definition) is 2. The van der Waals surface area contributed by atoms with Crippen molar-refractivity contribution in [3.63, 3.8) is 0 Å². The van der Waals surface area contributed by atoms with Crippen LogP contribution in [0.3, 0.4) is 0 Å². The minimum atomic E-state index is 0. The zero-order chi connectivity index (χ0) is 14.0. The summed E-state index contributed by atoms with van der Waals surface area (Å²) in [5.41, 5.74) is 0. The van der Waals surface area contributed by atoms with Gasteiger partial charge in [0.2, 0.25) is 0 Å². The second-order valence-corrected chi connectivity index (χ2v) is 5.38. The Kier molecular flexibility index (Phi) is 9.16. The third kappa shape index (κ3) is 6.99. The zero-order valence-corrected chi connectivity index (χ0v) is 15.3. The van der Waals surface area contributed by atoms with Crippen LogP contribution in [-0.4, -0.2) is 25.6 Å². The van der Waals surface area contributed by atoms with Crippen molar-refractivity contribution in [3.05, 3.63) is 46.5 Å². The topological polar surface area (TPSA) is 49.6 Å². The summed E-state index contributed by atoms with van der Waals surface area (Å²) in [6.45, 7) is 4.56. The third-order valence-corrected chi connectivity index (χ3v) is 3.73. The molecule has 0 saturated carbocycles. The third-order valence-electron chi connectivity index (χ3n) is 2.80. The van der Waals surface area contributed by atoms with E-state index in [-0.39, 0.29) is 24.0 Å². The molecular weight excluding hydrogens is 397 g/mol. The lowest BCUT2D eigenvalue weighted by molar-refractivity contribution is 0.507. The standard InChI is InChI=1S/C15H21N3OS.HI/c1-2-16-15(17-9-7-13-5-3-11-19-13)18-10-8-14-6-4-12-20-14;/h3-6,11-12H,2,7-10H2,1H3,(H2,16,17,18);1H. The van der Waals surface area contributed by atoms with E-state index in [0.29, 0.717) is 0 Å². The molecule has 116 valence electrons. The fourth-order valence-electron chi connectivity index (χ4n) is 1.83. The first-order valence-corrected chi connectivity index (χ1v) is 7.83. The summed E-state index contributed by atoms with van der Waals surface area (Å²) in [5, 5.41) is 8.68.